The molecule has 0 aliphatic carbocycles. The lowest BCUT2D eigenvalue weighted by Crippen LogP contribution is -2.63. The lowest BCUT2D eigenvalue weighted by molar-refractivity contribution is -0.195. The first kappa shape index (κ1) is 14.7. The number of hydrogen-bond donors (Lipinski definition) is 3. The molecule has 1 aliphatic rings. The number of carboxylic acid groups (broad SMARTS) is 1. The molecule has 0 spiro atoms. The third-order valence-electron chi connectivity index (χ3n) is 2.86. The molecule has 1 fully saturated rings. The highest BCUT2D eigenvalue weighted by atomic mass is 19.4. The van der Waals surface area contributed by atoms with Crippen LogP contribution < -0.4 is 5.73 Å². The van der Waals surface area contributed by atoms with E-state index in [1.807, 2.05) is 0 Å². The molecule has 104 valence electrons. The van der Waals surface area contributed by atoms with Crippen molar-refractivity contribution in [2.24, 2.45) is 5.73 Å². The summed E-state index contributed by atoms with van der Waals surface area (Å²) in [6.07, 6.45) is -6.48. The van der Waals surface area contributed by atoms with Crippen LogP contribution in [0.15, 0.2) is 0 Å². The maximum atomic E-state index is 12.6. The number of aliphatic carboxylic acids is 1. The summed E-state index contributed by atoms with van der Waals surface area (Å²) < 4.78 is 37.7. The molecule has 1 saturated heterocycles. The summed E-state index contributed by atoms with van der Waals surface area (Å²) in [5.74, 6) is -3.03. The number of rotatable bonds is 2. The van der Waals surface area contributed by atoms with Crippen molar-refractivity contribution in [1.82, 2.24) is 4.90 Å². The fraction of sp³-hybridized carbons (Fsp3) is 0.778. The summed E-state index contributed by atoms with van der Waals surface area (Å²) in [6.45, 7) is -0.00237. The zero-order valence-corrected chi connectivity index (χ0v) is 9.44. The quantitative estimate of drug-likeness (QED) is 0.616. The fourth-order valence-corrected chi connectivity index (χ4v) is 1.69. The van der Waals surface area contributed by atoms with Crippen LogP contribution in [0.4, 0.5) is 13.2 Å². The number of halogens is 3. The summed E-state index contributed by atoms with van der Waals surface area (Å²) in [6, 6.07) is -1.49. The second kappa shape index (κ2) is 4.39. The van der Waals surface area contributed by atoms with E-state index in [-0.39, 0.29) is 6.42 Å². The molecule has 0 saturated carbocycles. The predicted molar refractivity (Wildman–Crippen MR) is 52.4 cm³/mol. The molecule has 0 aromatic rings. The third kappa shape index (κ3) is 2.41. The van der Waals surface area contributed by atoms with Crippen LogP contribution in [0, 0.1) is 0 Å². The van der Waals surface area contributed by atoms with E-state index in [2.05, 4.69) is 0 Å². The van der Waals surface area contributed by atoms with Crippen molar-refractivity contribution in [3.63, 3.8) is 0 Å². The number of aliphatic hydroxyl groups is 1. The van der Waals surface area contributed by atoms with Crippen molar-refractivity contribution < 1.29 is 33.0 Å². The molecule has 0 aromatic carbocycles. The maximum Gasteiger partial charge on any atom is 0.415 e. The summed E-state index contributed by atoms with van der Waals surface area (Å²) in [7, 11) is 0. The Morgan fingerprint density at radius 1 is 1.39 bits per heavy atom. The van der Waals surface area contributed by atoms with Gasteiger partial charge in [0.15, 0.2) is 5.54 Å². The van der Waals surface area contributed by atoms with E-state index in [0.29, 0.717) is 11.8 Å². The lowest BCUT2D eigenvalue weighted by Gasteiger charge is -2.32. The van der Waals surface area contributed by atoms with Crippen LogP contribution in [0.2, 0.25) is 0 Å². The van der Waals surface area contributed by atoms with Crippen LogP contribution in [0.5, 0.6) is 0 Å². The first-order valence-electron chi connectivity index (χ1n) is 5.06. The molecular weight excluding hydrogens is 257 g/mol. The van der Waals surface area contributed by atoms with Gasteiger partial charge in [-0.25, -0.2) is 4.79 Å². The van der Waals surface area contributed by atoms with Crippen molar-refractivity contribution >= 4 is 11.9 Å². The molecule has 18 heavy (non-hydrogen) atoms. The summed E-state index contributed by atoms with van der Waals surface area (Å²) in [4.78, 5) is 23.0. The van der Waals surface area contributed by atoms with E-state index in [1.54, 1.807) is 0 Å². The van der Waals surface area contributed by atoms with Gasteiger partial charge < -0.3 is 20.8 Å². The van der Waals surface area contributed by atoms with Crippen molar-refractivity contribution in [1.29, 1.82) is 0 Å². The van der Waals surface area contributed by atoms with Gasteiger partial charge in [-0.3, -0.25) is 4.79 Å². The minimum Gasteiger partial charge on any atom is -0.480 e. The Morgan fingerprint density at radius 3 is 2.28 bits per heavy atom. The molecule has 3 atom stereocenters. The Morgan fingerprint density at radius 2 is 1.89 bits per heavy atom. The molecule has 1 unspecified atom stereocenters. The van der Waals surface area contributed by atoms with Crippen LogP contribution in [0.1, 0.15) is 13.3 Å². The Hall–Kier alpha value is -1.35. The highest BCUT2D eigenvalue weighted by molar-refractivity contribution is 5.91. The predicted octanol–water partition coefficient (Wildman–Crippen LogP) is -0.687. The van der Waals surface area contributed by atoms with E-state index in [9.17, 15) is 27.9 Å². The summed E-state index contributed by atoms with van der Waals surface area (Å²) >= 11 is 0. The number of nitrogens with two attached hydrogens (primary N) is 1. The molecule has 0 bridgehead atoms. The van der Waals surface area contributed by atoms with Gasteiger partial charge in [-0.2, -0.15) is 13.2 Å². The first-order chi connectivity index (χ1) is 7.98. The molecule has 9 heteroatoms. The molecule has 1 heterocycles. The summed E-state index contributed by atoms with van der Waals surface area (Å²) in [5, 5.41) is 18.0. The number of likely N-dealkylation sites (tertiary alicyclic amines) is 1. The monoisotopic (exact) mass is 270 g/mol. The highest BCUT2D eigenvalue weighted by Crippen LogP contribution is 2.32. The fourth-order valence-electron chi connectivity index (χ4n) is 1.69. The number of alkyl halides is 3. The van der Waals surface area contributed by atoms with Crippen LogP contribution >= 0.6 is 0 Å². The van der Waals surface area contributed by atoms with Gasteiger partial charge in [0.2, 0.25) is 0 Å². The van der Waals surface area contributed by atoms with Crippen LogP contribution in [-0.4, -0.2) is 57.4 Å². The van der Waals surface area contributed by atoms with Crippen molar-refractivity contribution in [3.05, 3.63) is 0 Å². The number of nitrogens with zero attached hydrogens (tertiary/aromatic N) is 1. The molecule has 4 N–H and O–H groups in total. The largest absolute Gasteiger partial charge is 0.480 e. The van der Waals surface area contributed by atoms with Crippen LogP contribution in [0.25, 0.3) is 0 Å². The Balaban J connectivity index is 3.00. The average molecular weight is 270 g/mol. The molecule has 1 rings (SSSR count). The van der Waals surface area contributed by atoms with Crippen LogP contribution in [0.3, 0.4) is 0 Å². The van der Waals surface area contributed by atoms with E-state index in [1.165, 1.54) is 0 Å². The number of carbonyl (C=O) groups is 2. The lowest BCUT2D eigenvalue weighted by atomic mass is 10.0. The van der Waals surface area contributed by atoms with Gasteiger partial charge in [0.05, 0.1) is 6.10 Å². The van der Waals surface area contributed by atoms with Gasteiger partial charge in [0, 0.05) is 13.0 Å². The maximum absolute atomic E-state index is 12.6. The highest BCUT2D eigenvalue weighted by Gasteiger charge is 2.57. The number of carboxylic acids is 1. The second-order valence-corrected chi connectivity index (χ2v) is 4.40. The number of carbonyl (C=O) groups excluding carboxylic acids is 1. The normalized spacial score (nSPS) is 28.0. The Bertz CT molecular complexity index is 369. The SMILES string of the molecule is CC(N)(C(=O)N1C[C@@H](O)C[C@H]1C(=O)O)C(F)(F)F. The molecule has 6 nitrogen and oxygen atoms in total. The van der Waals surface area contributed by atoms with Crippen molar-refractivity contribution in [3.8, 4) is 0 Å². The average Bonchev–Trinajstić information content (AvgIpc) is 2.57. The topological polar surface area (TPSA) is 104 Å². The molecular formula is C9H13F3N2O4. The minimum atomic E-state index is -5.00. The summed E-state index contributed by atoms with van der Waals surface area (Å²) in [5.41, 5.74) is 1.76. The smallest absolute Gasteiger partial charge is 0.415 e. The molecule has 1 amide bonds. The van der Waals surface area contributed by atoms with Gasteiger partial charge >= 0.3 is 12.1 Å². The van der Waals surface area contributed by atoms with E-state index >= 15 is 0 Å². The van der Waals surface area contributed by atoms with E-state index in [0.717, 1.165) is 0 Å². The number of β-amino-alcohol motifs (C(OH)–C–C–N with tert-alkyl or cyclic N) is 1. The van der Waals surface area contributed by atoms with E-state index in [4.69, 9.17) is 10.8 Å². The molecule has 1 aliphatic heterocycles. The zero-order valence-electron chi connectivity index (χ0n) is 9.44. The zero-order chi connectivity index (χ0) is 14.3. The van der Waals surface area contributed by atoms with Crippen molar-refractivity contribution in [2.45, 2.75) is 37.2 Å². The van der Waals surface area contributed by atoms with Gasteiger partial charge in [-0.1, -0.05) is 0 Å². The van der Waals surface area contributed by atoms with E-state index < -0.39 is 42.3 Å². The second-order valence-electron chi connectivity index (χ2n) is 4.40. The minimum absolute atomic E-state index is 0.311. The standard InChI is InChI=1S/C9H13F3N2O4/c1-8(13,9(10,11)12)7(18)14-3-4(15)2-5(14)6(16)17/h4-5,15H,2-3,13H2,1H3,(H,16,17)/t4-,5-,8?/m0/s1. The number of hydrogen-bond acceptors (Lipinski definition) is 4. The van der Waals surface area contributed by atoms with Gasteiger partial charge in [-0.05, 0) is 6.92 Å². The van der Waals surface area contributed by atoms with Gasteiger partial charge in [0.1, 0.15) is 6.04 Å². The van der Waals surface area contributed by atoms with Crippen LogP contribution in [-0.2, 0) is 9.59 Å². The number of aliphatic hydroxyl groups excluding tert-OH is 1. The third-order valence-corrected chi connectivity index (χ3v) is 2.86. The number of amides is 1. The Labute approximate surface area is 100 Å². The van der Waals surface area contributed by atoms with Gasteiger partial charge in [0.25, 0.3) is 5.91 Å². The molecule has 0 radical (unpaired) electrons. The molecule has 0 aromatic heterocycles. The first-order valence-corrected chi connectivity index (χ1v) is 5.06. The Kier molecular flexibility index (Phi) is 3.59. The van der Waals surface area contributed by atoms with Gasteiger partial charge in [-0.15, -0.1) is 0 Å². The van der Waals surface area contributed by atoms with Crippen molar-refractivity contribution in [2.75, 3.05) is 6.54 Å².